The largest absolute Gasteiger partial charge is 0.497 e. The molecular weight excluding hydrogens is 318 g/mol. The molecular formula is C20H23NO4. The molecule has 0 atom stereocenters. The zero-order chi connectivity index (χ0) is 17.6. The lowest BCUT2D eigenvalue weighted by Gasteiger charge is -2.23. The lowest BCUT2D eigenvalue weighted by molar-refractivity contribution is -0.134. The summed E-state index contributed by atoms with van der Waals surface area (Å²) in [6.07, 6.45) is 2.10. The third-order valence-electron chi connectivity index (χ3n) is 4.24. The van der Waals surface area contributed by atoms with E-state index in [1.165, 1.54) is 0 Å². The molecule has 1 aliphatic carbocycles. The Bertz CT molecular complexity index is 710. The van der Waals surface area contributed by atoms with Gasteiger partial charge in [0, 0.05) is 12.6 Å². The van der Waals surface area contributed by atoms with Crippen molar-refractivity contribution in [1.29, 1.82) is 0 Å². The zero-order valence-electron chi connectivity index (χ0n) is 14.6. The van der Waals surface area contributed by atoms with E-state index in [0.29, 0.717) is 24.1 Å². The first-order valence-electron chi connectivity index (χ1n) is 8.39. The number of hydrogen-bond acceptors (Lipinski definition) is 4. The Morgan fingerprint density at radius 2 is 1.68 bits per heavy atom. The van der Waals surface area contributed by atoms with Gasteiger partial charge in [0.15, 0.2) is 18.1 Å². The molecule has 2 aromatic rings. The standard InChI is InChI=1S/C20H23NO4/c1-23-17-11-7-15(8-12-17)13-21(16-9-10-16)20(22)14-25-19-6-4-3-5-18(19)24-2/h3-8,11-12,16H,9-10,13-14H2,1-2H3. The summed E-state index contributed by atoms with van der Waals surface area (Å²) in [5.74, 6) is 2.01. The Morgan fingerprint density at radius 1 is 1.00 bits per heavy atom. The fraction of sp³-hybridized carbons (Fsp3) is 0.350. The number of benzene rings is 2. The second kappa shape index (κ2) is 7.92. The fourth-order valence-corrected chi connectivity index (χ4v) is 2.70. The number of para-hydroxylation sites is 2. The number of rotatable bonds is 8. The molecule has 1 aliphatic rings. The van der Waals surface area contributed by atoms with Gasteiger partial charge in [-0.2, -0.15) is 0 Å². The third kappa shape index (κ3) is 4.44. The van der Waals surface area contributed by atoms with E-state index < -0.39 is 0 Å². The lowest BCUT2D eigenvalue weighted by Crippen LogP contribution is -2.36. The van der Waals surface area contributed by atoms with Crippen LogP contribution in [0.1, 0.15) is 18.4 Å². The average Bonchev–Trinajstić information content (AvgIpc) is 3.50. The normalized spacial score (nSPS) is 13.2. The number of methoxy groups -OCH3 is 2. The highest BCUT2D eigenvalue weighted by atomic mass is 16.5. The first-order chi connectivity index (χ1) is 12.2. The van der Waals surface area contributed by atoms with E-state index in [1.807, 2.05) is 47.4 Å². The molecule has 1 saturated carbocycles. The molecule has 2 aromatic carbocycles. The monoisotopic (exact) mass is 341 g/mol. The third-order valence-corrected chi connectivity index (χ3v) is 4.24. The molecule has 1 amide bonds. The maximum Gasteiger partial charge on any atom is 0.261 e. The Balaban J connectivity index is 1.62. The first-order valence-corrected chi connectivity index (χ1v) is 8.39. The minimum absolute atomic E-state index is 0.00697. The van der Waals surface area contributed by atoms with Crippen molar-refractivity contribution in [2.45, 2.75) is 25.4 Å². The highest BCUT2D eigenvalue weighted by Crippen LogP contribution is 2.30. The van der Waals surface area contributed by atoms with Crippen LogP contribution in [0.15, 0.2) is 48.5 Å². The van der Waals surface area contributed by atoms with E-state index >= 15 is 0 Å². The summed E-state index contributed by atoms with van der Waals surface area (Å²) in [7, 11) is 3.23. The molecule has 0 heterocycles. The van der Waals surface area contributed by atoms with E-state index in [0.717, 1.165) is 24.2 Å². The molecule has 5 nitrogen and oxygen atoms in total. The van der Waals surface area contributed by atoms with Crippen LogP contribution in [-0.2, 0) is 11.3 Å². The maximum absolute atomic E-state index is 12.7. The maximum atomic E-state index is 12.7. The van der Waals surface area contributed by atoms with Crippen molar-refractivity contribution in [2.75, 3.05) is 20.8 Å². The van der Waals surface area contributed by atoms with Gasteiger partial charge in [0.05, 0.1) is 14.2 Å². The van der Waals surface area contributed by atoms with E-state index in [4.69, 9.17) is 14.2 Å². The summed E-state index contributed by atoms with van der Waals surface area (Å²) >= 11 is 0. The molecule has 0 bridgehead atoms. The van der Waals surface area contributed by atoms with Gasteiger partial charge >= 0.3 is 0 Å². The molecule has 0 radical (unpaired) electrons. The predicted molar refractivity (Wildman–Crippen MR) is 95.1 cm³/mol. The van der Waals surface area contributed by atoms with Crippen LogP contribution in [0.25, 0.3) is 0 Å². The number of hydrogen-bond donors (Lipinski definition) is 0. The summed E-state index contributed by atoms with van der Waals surface area (Å²) in [6.45, 7) is 0.593. The van der Waals surface area contributed by atoms with Crippen LogP contribution in [-0.4, -0.2) is 37.7 Å². The molecule has 132 valence electrons. The number of nitrogens with zero attached hydrogens (tertiary/aromatic N) is 1. The Kier molecular flexibility index (Phi) is 5.43. The molecule has 3 rings (SSSR count). The molecule has 0 unspecified atom stereocenters. The van der Waals surface area contributed by atoms with Crippen LogP contribution >= 0.6 is 0 Å². The number of carbonyl (C=O) groups excluding carboxylic acids is 1. The quantitative estimate of drug-likeness (QED) is 0.739. The minimum Gasteiger partial charge on any atom is -0.497 e. The summed E-state index contributed by atoms with van der Waals surface area (Å²) in [5.41, 5.74) is 1.08. The SMILES string of the molecule is COc1ccc(CN(C(=O)COc2ccccc2OC)C2CC2)cc1. The van der Waals surface area contributed by atoms with Crippen LogP contribution in [0.5, 0.6) is 17.2 Å². The van der Waals surface area contributed by atoms with Crippen molar-refractivity contribution in [3.05, 3.63) is 54.1 Å². The van der Waals surface area contributed by atoms with Crippen LogP contribution in [0.4, 0.5) is 0 Å². The number of carbonyl (C=O) groups is 1. The Hall–Kier alpha value is -2.69. The second-order valence-electron chi connectivity index (χ2n) is 6.04. The minimum atomic E-state index is -0.00998. The van der Waals surface area contributed by atoms with Crippen molar-refractivity contribution in [3.8, 4) is 17.2 Å². The predicted octanol–water partition coefficient (Wildman–Crippen LogP) is 3.27. The van der Waals surface area contributed by atoms with Gasteiger partial charge in [0.1, 0.15) is 5.75 Å². The molecule has 0 aliphatic heterocycles. The van der Waals surface area contributed by atoms with Gasteiger partial charge in [-0.15, -0.1) is 0 Å². The van der Waals surface area contributed by atoms with E-state index in [1.54, 1.807) is 20.3 Å². The number of amides is 1. The van der Waals surface area contributed by atoms with Gasteiger partial charge in [-0.05, 0) is 42.7 Å². The summed E-state index contributed by atoms with van der Waals surface area (Å²) in [4.78, 5) is 14.6. The van der Waals surface area contributed by atoms with Gasteiger partial charge < -0.3 is 19.1 Å². The highest BCUT2D eigenvalue weighted by Gasteiger charge is 2.32. The van der Waals surface area contributed by atoms with Crippen molar-refractivity contribution in [3.63, 3.8) is 0 Å². The smallest absolute Gasteiger partial charge is 0.261 e. The molecule has 1 fully saturated rings. The van der Waals surface area contributed by atoms with E-state index in [9.17, 15) is 4.79 Å². The van der Waals surface area contributed by atoms with Crippen LogP contribution < -0.4 is 14.2 Å². The zero-order valence-corrected chi connectivity index (χ0v) is 14.6. The van der Waals surface area contributed by atoms with Crippen molar-refractivity contribution >= 4 is 5.91 Å². The van der Waals surface area contributed by atoms with Crippen LogP contribution in [0, 0.1) is 0 Å². The van der Waals surface area contributed by atoms with E-state index in [-0.39, 0.29) is 12.5 Å². The first kappa shape index (κ1) is 17.1. The van der Waals surface area contributed by atoms with Crippen LogP contribution in [0.3, 0.4) is 0 Å². The van der Waals surface area contributed by atoms with Gasteiger partial charge in [-0.3, -0.25) is 4.79 Å². The van der Waals surface area contributed by atoms with Crippen LogP contribution in [0.2, 0.25) is 0 Å². The van der Waals surface area contributed by atoms with Gasteiger partial charge in [0.2, 0.25) is 0 Å². The summed E-state index contributed by atoms with van der Waals surface area (Å²) < 4.78 is 16.1. The second-order valence-corrected chi connectivity index (χ2v) is 6.04. The van der Waals surface area contributed by atoms with Crippen molar-refractivity contribution in [2.24, 2.45) is 0 Å². The fourth-order valence-electron chi connectivity index (χ4n) is 2.70. The molecule has 0 aromatic heterocycles. The molecule has 0 spiro atoms. The molecule has 0 saturated heterocycles. The Labute approximate surface area is 148 Å². The van der Waals surface area contributed by atoms with Gasteiger partial charge in [-0.25, -0.2) is 0 Å². The van der Waals surface area contributed by atoms with Gasteiger partial charge in [-0.1, -0.05) is 24.3 Å². The average molecular weight is 341 g/mol. The number of ether oxygens (including phenoxy) is 3. The molecule has 0 N–H and O–H groups in total. The Morgan fingerprint density at radius 3 is 2.28 bits per heavy atom. The highest BCUT2D eigenvalue weighted by molar-refractivity contribution is 5.78. The van der Waals surface area contributed by atoms with Crippen molar-refractivity contribution in [1.82, 2.24) is 4.90 Å². The van der Waals surface area contributed by atoms with Gasteiger partial charge in [0.25, 0.3) is 5.91 Å². The molecule has 25 heavy (non-hydrogen) atoms. The summed E-state index contributed by atoms with van der Waals surface area (Å²) in [6, 6.07) is 15.5. The topological polar surface area (TPSA) is 48.0 Å². The molecule has 5 heteroatoms. The summed E-state index contributed by atoms with van der Waals surface area (Å²) in [5, 5.41) is 0. The van der Waals surface area contributed by atoms with Crippen molar-refractivity contribution < 1.29 is 19.0 Å². The lowest BCUT2D eigenvalue weighted by atomic mass is 10.2. The van der Waals surface area contributed by atoms with E-state index in [2.05, 4.69) is 0 Å².